The van der Waals surface area contributed by atoms with Crippen LogP contribution in [0.2, 0.25) is 0 Å². The number of nitrogen functional groups attached to an aromatic ring is 2. The van der Waals surface area contributed by atoms with E-state index in [9.17, 15) is 4.39 Å². The van der Waals surface area contributed by atoms with Gasteiger partial charge in [-0.05, 0) is 35.5 Å². The quantitative estimate of drug-likeness (QED) is 0.727. The first-order chi connectivity index (χ1) is 8.58. The van der Waals surface area contributed by atoms with Gasteiger partial charge in [0, 0.05) is 11.0 Å². The third-order valence-corrected chi connectivity index (χ3v) is 3.12. The minimum absolute atomic E-state index is 0.262. The average Bonchev–Trinajstić information content (AvgIpc) is 2.30. The summed E-state index contributed by atoms with van der Waals surface area (Å²) < 4.78 is 13.0. The van der Waals surface area contributed by atoms with Crippen molar-refractivity contribution in [2.24, 2.45) is 0 Å². The minimum atomic E-state index is -0.406. The molecule has 0 amide bonds. The second-order valence-electron chi connectivity index (χ2n) is 3.51. The number of hydrogen-bond acceptors (Lipinski definition) is 6. The molecule has 0 unspecified atom stereocenters. The number of anilines is 2. The maximum atomic E-state index is 13.0. The standard InChI is InChI=1S/C11H11FN4OS/c12-7-1-2-8(6(3-7)5-17)18-11-15-9(13)4-10(14)16-11/h1-4,17H,5H2,(H4,13,14,15,16). The van der Waals surface area contributed by atoms with Gasteiger partial charge in [-0.25, -0.2) is 14.4 Å². The maximum absolute atomic E-state index is 13.0. The van der Waals surface area contributed by atoms with Gasteiger partial charge >= 0.3 is 0 Å². The Morgan fingerprint density at radius 1 is 1.17 bits per heavy atom. The molecule has 5 nitrogen and oxygen atoms in total. The highest BCUT2D eigenvalue weighted by Crippen LogP contribution is 2.29. The number of hydrogen-bond donors (Lipinski definition) is 3. The highest BCUT2D eigenvalue weighted by Gasteiger charge is 2.08. The number of nitrogens with two attached hydrogens (primary N) is 2. The van der Waals surface area contributed by atoms with E-state index in [2.05, 4.69) is 9.97 Å². The predicted octanol–water partition coefficient (Wildman–Crippen LogP) is 1.42. The lowest BCUT2D eigenvalue weighted by molar-refractivity contribution is 0.278. The van der Waals surface area contributed by atoms with Gasteiger partial charge in [0.2, 0.25) is 0 Å². The van der Waals surface area contributed by atoms with Crippen LogP contribution >= 0.6 is 11.8 Å². The van der Waals surface area contributed by atoms with Crippen molar-refractivity contribution in [3.63, 3.8) is 0 Å². The van der Waals surface area contributed by atoms with E-state index in [-0.39, 0.29) is 18.2 Å². The molecule has 0 aliphatic carbocycles. The lowest BCUT2D eigenvalue weighted by Gasteiger charge is -2.07. The summed E-state index contributed by atoms with van der Waals surface area (Å²) in [7, 11) is 0. The molecule has 5 N–H and O–H groups in total. The predicted molar refractivity (Wildman–Crippen MR) is 67.3 cm³/mol. The number of rotatable bonds is 3. The molecule has 0 atom stereocenters. The molecular weight excluding hydrogens is 255 g/mol. The molecule has 0 spiro atoms. The Kier molecular flexibility index (Phi) is 3.63. The smallest absolute Gasteiger partial charge is 0.196 e. The fraction of sp³-hybridized carbons (Fsp3) is 0.0909. The average molecular weight is 266 g/mol. The van der Waals surface area contributed by atoms with Gasteiger partial charge in [0.15, 0.2) is 5.16 Å². The van der Waals surface area contributed by atoms with Gasteiger partial charge in [-0.15, -0.1) is 0 Å². The van der Waals surface area contributed by atoms with Gasteiger partial charge in [0.05, 0.1) is 6.61 Å². The van der Waals surface area contributed by atoms with E-state index < -0.39 is 5.82 Å². The fourth-order valence-corrected chi connectivity index (χ4v) is 2.27. The van der Waals surface area contributed by atoms with Gasteiger partial charge in [-0.1, -0.05) is 0 Å². The lowest BCUT2D eigenvalue weighted by atomic mass is 10.2. The molecule has 0 aliphatic rings. The van der Waals surface area contributed by atoms with Crippen LogP contribution in [-0.2, 0) is 6.61 Å². The molecule has 2 aromatic rings. The van der Waals surface area contributed by atoms with Crippen LogP contribution in [0.1, 0.15) is 5.56 Å². The van der Waals surface area contributed by atoms with Crippen molar-refractivity contribution in [1.82, 2.24) is 9.97 Å². The van der Waals surface area contributed by atoms with E-state index in [4.69, 9.17) is 16.6 Å². The van der Waals surface area contributed by atoms with Crippen LogP contribution in [0.5, 0.6) is 0 Å². The van der Waals surface area contributed by atoms with Crippen molar-refractivity contribution in [3.8, 4) is 0 Å². The molecule has 0 saturated carbocycles. The van der Waals surface area contributed by atoms with Crippen molar-refractivity contribution < 1.29 is 9.50 Å². The van der Waals surface area contributed by atoms with Crippen LogP contribution < -0.4 is 11.5 Å². The zero-order valence-electron chi connectivity index (χ0n) is 9.30. The Morgan fingerprint density at radius 3 is 2.44 bits per heavy atom. The van der Waals surface area contributed by atoms with Gasteiger partial charge in [0.1, 0.15) is 17.5 Å². The van der Waals surface area contributed by atoms with Crippen LogP contribution in [0.4, 0.5) is 16.0 Å². The Morgan fingerprint density at radius 2 is 1.83 bits per heavy atom. The second-order valence-corrected chi connectivity index (χ2v) is 4.52. The Labute approximate surface area is 107 Å². The molecule has 0 fully saturated rings. The molecule has 1 aromatic carbocycles. The summed E-state index contributed by atoms with van der Waals surface area (Å²) in [5.41, 5.74) is 11.6. The third-order valence-electron chi connectivity index (χ3n) is 2.14. The summed E-state index contributed by atoms with van der Waals surface area (Å²) in [5.74, 6) is 0.117. The molecule has 0 aliphatic heterocycles. The summed E-state index contributed by atoms with van der Waals surface area (Å²) in [6.45, 7) is -0.266. The Bertz CT molecular complexity index is 559. The normalized spacial score (nSPS) is 10.6. The third kappa shape index (κ3) is 2.88. The molecule has 18 heavy (non-hydrogen) atoms. The number of nitrogens with zero attached hydrogens (tertiary/aromatic N) is 2. The molecule has 1 heterocycles. The summed E-state index contributed by atoms with van der Waals surface area (Å²) in [6.07, 6.45) is 0. The van der Waals surface area contributed by atoms with Gasteiger partial charge in [-0.3, -0.25) is 0 Å². The van der Waals surface area contributed by atoms with E-state index in [0.717, 1.165) is 0 Å². The number of benzene rings is 1. The van der Waals surface area contributed by atoms with Gasteiger partial charge in [-0.2, -0.15) is 0 Å². The van der Waals surface area contributed by atoms with E-state index in [1.54, 1.807) is 6.07 Å². The lowest BCUT2D eigenvalue weighted by Crippen LogP contribution is -1.99. The first-order valence-electron chi connectivity index (χ1n) is 5.05. The summed E-state index contributed by atoms with van der Waals surface area (Å²) in [4.78, 5) is 8.66. The zero-order chi connectivity index (χ0) is 13.1. The van der Waals surface area contributed by atoms with E-state index in [1.807, 2.05) is 0 Å². The zero-order valence-corrected chi connectivity index (χ0v) is 10.1. The van der Waals surface area contributed by atoms with Gasteiger partial charge < -0.3 is 16.6 Å². The van der Waals surface area contributed by atoms with E-state index >= 15 is 0 Å². The fourth-order valence-electron chi connectivity index (χ4n) is 1.38. The molecule has 1 aromatic heterocycles. The maximum Gasteiger partial charge on any atom is 0.196 e. The van der Waals surface area contributed by atoms with E-state index in [0.29, 0.717) is 15.6 Å². The number of aliphatic hydroxyl groups is 1. The van der Waals surface area contributed by atoms with Crippen LogP contribution in [0.25, 0.3) is 0 Å². The summed E-state index contributed by atoms with van der Waals surface area (Å²) in [5, 5.41) is 9.52. The monoisotopic (exact) mass is 266 g/mol. The summed E-state index contributed by atoms with van der Waals surface area (Å²) in [6, 6.07) is 5.56. The number of aliphatic hydroxyl groups excluding tert-OH is 1. The first kappa shape index (κ1) is 12.6. The molecule has 0 bridgehead atoms. The number of aromatic nitrogens is 2. The number of halogens is 1. The molecule has 0 saturated heterocycles. The minimum Gasteiger partial charge on any atom is -0.392 e. The van der Waals surface area contributed by atoms with Crippen LogP contribution in [0, 0.1) is 5.82 Å². The molecular formula is C11H11FN4OS. The second kappa shape index (κ2) is 5.19. The van der Waals surface area contributed by atoms with Crippen molar-refractivity contribution >= 4 is 23.4 Å². The largest absolute Gasteiger partial charge is 0.392 e. The van der Waals surface area contributed by atoms with Crippen LogP contribution in [-0.4, -0.2) is 15.1 Å². The summed E-state index contributed by atoms with van der Waals surface area (Å²) >= 11 is 1.17. The Hall–Kier alpha value is -1.86. The van der Waals surface area contributed by atoms with Crippen molar-refractivity contribution in [3.05, 3.63) is 35.6 Å². The van der Waals surface area contributed by atoms with Crippen molar-refractivity contribution in [1.29, 1.82) is 0 Å². The van der Waals surface area contributed by atoms with Crippen molar-refractivity contribution in [2.75, 3.05) is 11.5 Å². The van der Waals surface area contributed by atoms with Crippen LogP contribution in [0.3, 0.4) is 0 Å². The molecule has 2 rings (SSSR count). The highest BCUT2D eigenvalue weighted by atomic mass is 32.2. The highest BCUT2D eigenvalue weighted by molar-refractivity contribution is 7.99. The van der Waals surface area contributed by atoms with Crippen LogP contribution in [0.15, 0.2) is 34.3 Å². The topological polar surface area (TPSA) is 98.1 Å². The van der Waals surface area contributed by atoms with Gasteiger partial charge in [0.25, 0.3) is 0 Å². The molecule has 7 heteroatoms. The molecule has 94 valence electrons. The first-order valence-corrected chi connectivity index (χ1v) is 5.87. The SMILES string of the molecule is Nc1cc(N)nc(Sc2ccc(F)cc2CO)n1. The Balaban J connectivity index is 2.33. The van der Waals surface area contributed by atoms with E-state index in [1.165, 1.54) is 30.0 Å². The van der Waals surface area contributed by atoms with Crippen molar-refractivity contribution in [2.45, 2.75) is 16.7 Å². The molecule has 0 radical (unpaired) electrons.